The number of rotatable bonds is 8. The number of amides is 1. The molecule has 1 aliphatic rings. The Bertz CT molecular complexity index is 972. The first-order valence-corrected chi connectivity index (χ1v) is 11.6. The summed E-state index contributed by atoms with van der Waals surface area (Å²) in [6.45, 7) is 5.97. The fourth-order valence-electron chi connectivity index (χ4n) is 3.81. The van der Waals surface area contributed by atoms with Gasteiger partial charge in [-0.3, -0.25) is 9.69 Å². The second-order valence-electron chi connectivity index (χ2n) is 7.74. The van der Waals surface area contributed by atoms with Gasteiger partial charge >= 0.3 is 5.97 Å². The van der Waals surface area contributed by atoms with Crippen LogP contribution >= 0.6 is 11.3 Å². The minimum absolute atomic E-state index is 0.210. The van der Waals surface area contributed by atoms with Gasteiger partial charge < -0.3 is 14.4 Å². The van der Waals surface area contributed by atoms with E-state index in [1.165, 1.54) is 11.3 Å². The minimum Gasteiger partial charge on any atom is -0.497 e. The Balaban J connectivity index is 1.50. The van der Waals surface area contributed by atoms with Crippen molar-refractivity contribution in [3.8, 4) is 11.8 Å². The highest BCUT2D eigenvalue weighted by molar-refractivity contribution is 7.14. The van der Waals surface area contributed by atoms with Crippen LogP contribution in [0.3, 0.4) is 0 Å². The quantitative estimate of drug-likeness (QED) is 0.566. The zero-order chi connectivity index (χ0) is 23.1. The van der Waals surface area contributed by atoms with Crippen LogP contribution in [0.1, 0.15) is 45.1 Å². The number of ether oxygens (including phenoxy) is 2. The molecule has 1 aromatic carbocycles. The standard InChI is InChI=1S/C24H29N3O4S/c1-4-5-19-14-22(32-17(19)2)24(29)31-16-23(28)27-12-10-26(11-13-27)21(15-25)18-6-8-20(30-3)9-7-18/h6-9,14,21H,4-5,10-13,16H2,1-3H3/t21-/m1/s1. The molecule has 0 saturated carbocycles. The number of esters is 1. The van der Waals surface area contributed by atoms with E-state index in [-0.39, 0.29) is 18.6 Å². The molecule has 1 fully saturated rings. The molecule has 8 heteroatoms. The molecule has 1 amide bonds. The Morgan fingerprint density at radius 2 is 1.88 bits per heavy atom. The van der Waals surface area contributed by atoms with Gasteiger partial charge in [0.2, 0.25) is 0 Å². The number of aryl methyl sites for hydroxylation is 2. The normalized spacial score (nSPS) is 15.1. The Morgan fingerprint density at radius 1 is 1.19 bits per heavy atom. The van der Waals surface area contributed by atoms with Crippen LogP contribution < -0.4 is 4.74 Å². The van der Waals surface area contributed by atoms with Gasteiger partial charge in [-0.25, -0.2) is 4.79 Å². The van der Waals surface area contributed by atoms with E-state index in [4.69, 9.17) is 9.47 Å². The highest BCUT2D eigenvalue weighted by Gasteiger charge is 2.27. The third kappa shape index (κ3) is 5.67. The van der Waals surface area contributed by atoms with Crippen LogP contribution in [0, 0.1) is 18.3 Å². The summed E-state index contributed by atoms with van der Waals surface area (Å²) >= 11 is 1.41. The largest absolute Gasteiger partial charge is 0.497 e. The van der Waals surface area contributed by atoms with Gasteiger partial charge in [0.25, 0.3) is 5.91 Å². The Hall–Kier alpha value is -2.89. The van der Waals surface area contributed by atoms with Gasteiger partial charge in [0.1, 0.15) is 16.7 Å². The molecule has 1 aromatic heterocycles. The van der Waals surface area contributed by atoms with E-state index in [2.05, 4.69) is 17.9 Å². The third-order valence-corrected chi connectivity index (χ3v) is 6.73. The number of carbonyl (C=O) groups is 2. The first kappa shape index (κ1) is 23.8. The van der Waals surface area contributed by atoms with E-state index in [1.54, 1.807) is 12.0 Å². The predicted octanol–water partition coefficient (Wildman–Crippen LogP) is 3.58. The zero-order valence-corrected chi connectivity index (χ0v) is 19.6. The Morgan fingerprint density at radius 3 is 2.47 bits per heavy atom. The van der Waals surface area contributed by atoms with Crippen molar-refractivity contribution < 1.29 is 19.1 Å². The maximum Gasteiger partial charge on any atom is 0.348 e. The van der Waals surface area contributed by atoms with Crippen molar-refractivity contribution in [3.63, 3.8) is 0 Å². The summed E-state index contributed by atoms with van der Waals surface area (Å²) in [6.07, 6.45) is 1.95. The first-order valence-electron chi connectivity index (χ1n) is 10.8. The lowest BCUT2D eigenvalue weighted by molar-refractivity contribution is -0.136. The predicted molar refractivity (Wildman–Crippen MR) is 123 cm³/mol. The number of hydrogen-bond donors (Lipinski definition) is 0. The molecule has 1 atom stereocenters. The van der Waals surface area contributed by atoms with E-state index in [0.717, 1.165) is 34.6 Å². The number of benzene rings is 1. The molecule has 3 rings (SSSR count). The van der Waals surface area contributed by atoms with Crippen molar-refractivity contribution >= 4 is 23.2 Å². The second-order valence-corrected chi connectivity index (χ2v) is 9.00. The van der Waals surface area contributed by atoms with Crippen molar-refractivity contribution in [2.75, 3.05) is 39.9 Å². The fraction of sp³-hybridized carbons (Fsp3) is 0.458. The average molecular weight is 456 g/mol. The number of nitriles is 1. The van der Waals surface area contributed by atoms with Gasteiger partial charge in [0.05, 0.1) is 13.2 Å². The number of nitrogens with zero attached hydrogens (tertiary/aromatic N) is 3. The van der Waals surface area contributed by atoms with Gasteiger partial charge in [0, 0.05) is 31.1 Å². The monoisotopic (exact) mass is 455 g/mol. The molecule has 2 heterocycles. The summed E-state index contributed by atoms with van der Waals surface area (Å²) in [6, 6.07) is 11.3. The van der Waals surface area contributed by atoms with Gasteiger partial charge in [0.15, 0.2) is 6.61 Å². The van der Waals surface area contributed by atoms with E-state index in [1.807, 2.05) is 37.3 Å². The molecule has 1 aliphatic heterocycles. The molecule has 1 saturated heterocycles. The van der Waals surface area contributed by atoms with Crippen LogP contribution in [-0.2, 0) is 16.0 Å². The molecule has 7 nitrogen and oxygen atoms in total. The molecule has 0 unspecified atom stereocenters. The van der Waals surface area contributed by atoms with Crippen LogP contribution in [0.4, 0.5) is 0 Å². The molecule has 0 radical (unpaired) electrons. The molecule has 0 aliphatic carbocycles. The van der Waals surface area contributed by atoms with Crippen LogP contribution in [0.5, 0.6) is 5.75 Å². The smallest absolute Gasteiger partial charge is 0.348 e. The van der Waals surface area contributed by atoms with E-state index >= 15 is 0 Å². The summed E-state index contributed by atoms with van der Waals surface area (Å²) in [5.41, 5.74) is 2.06. The van der Waals surface area contributed by atoms with E-state index in [9.17, 15) is 14.9 Å². The summed E-state index contributed by atoms with van der Waals surface area (Å²) in [7, 11) is 1.61. The average Bonchev–Trinajstić information content (AvgIpc) is 3.19. The van der Waals surface area contributed by atoms with Gasteiger partial charge in [-0.2, -0.15) is 5.26 Å². The molecule has 2 aromatic rings. The van der Waals surface area contributed by atoms with Crippen molar-refractivity contribution in [1.29, 1.82) is 5.26 Å². The zero-order valence-electron chi connectivity index (χ0n) is 18.8. The van der Waals surface area contributed by atoms with Gasteiger partial charge in [-0.1, -0.05) is 25.5 Å². The SMILES string of the molecule is CCCc1cc(C(=O)OCC(=O)N2CCN([C@H](C#N)c3ccc(OC)cc3)CC2)sc1C. The maximum absolute atomic E-state index is 12.5. The molecule has 0 N–H and O–H groups in total. The number of carbonyl (C=O) groups excluding carboxylic acids is 2. The highest BCUT2D eigenvalue weighted by Crippen LogP contribution is 2.25. The van der Waals surface area contributed by atoms with E-state index in [0.29, 0.717) is 31.1 Å². The summed E-state index contributed by atoms with van der Waals surface area (Å²) < 4.78 is 10.5. The third-order valence-electron chi connectivity index (χ3n) is 5.65. The lowest BCUT2D eigenvalue weighted by Gasteiger charge is -2.36. The van der Waals surface area contributed by atoms with Gasteiger partial charge in [-0.05, 0) is 42.7 Å². The van der Waals surface area contributed by atoms with E-state index < -0.39 is 5.97 Å². The van der Waals surface area contributed by atoms with Gasteiger partial charge in [-0.15, -0.1) is 11.3 Å². The van der Waals surface area contributed by atoms with Crippen LogP contribution in [0.25, 0.3) is 0 Å². The number of hydrogen-bond acceptors (Lipinski definition) is 7. The lowest BCUT2D eigenvalue weighted by Crippen LogP contribution is -2.50. The first-order chi connectivity index (χ1) is 15.5. The molecule has 0 bridgehead atoms. The molecular formula is C24H29N3O4S. The lowest BCUT2D eigenvalue weighted by atomic mass is 10.1. The minimum atomic E-state index is -0.448. The second kappa shape index (κ2) is 11.1. The molecular weight excluding hydrogens is 426 g/mol. The number of methoxy groups -OCH3 is 1. The maximum atomic E-state index is 12.5. The van der Waals surface area contributed by atoms with Crippen molar-refractivity contribution in [2.45, 2.75) is 32.7 Å². The topological polar surface area (TPSA) is 82.9 Å². The van der Waals surface area contributed by atoms with Crippen molar-refractivity contribution in [2.24, 2.45) is 0 Å². The van der Waals surface area contributed by atoms with Crippen molar-refractivity contribution in [3.05, 3.63) is 51.2 Å². The van der Waals surface area contributed by atoms with Crippen molar-refractivity contribution in [1.82, 2.24) is 9.80 Å². The summed E-state index contributed by atoms with van der Waals surface area (Å²) in [5, 5.41) is 9.68. The highest BCUT2D eigenvalue weighted by atomic mass is 32.1. The number of thiophene rings is 1. The molecule has 170 valence electrons. The van der Waals surface area contributed by atoms with Crippen LogP contribution in [0.15, 0.2) is 30.3 Å². The van der Waals surface area contributed by atoms with Crippen LogP contribution in [-0.4, -0.2) is 61.6 Å². The number of piperazine rings is 1. The Kier molecular flexibility index (Phi) is 8.26. The molecule has 32 heavy (non-hydrogen) atoms. The fourth-order valence-corrected chi connectivity index (χ4v) is 4.78. The van der Waals surface area contributed by atoms with Crippen LogP contribution in [0.2, 0.25) is 0 Å². The summed E-state index contributed by atoms with van der Waals surface area (Å²) in [4.78, 5) is 30.3. The Labute approximate surface area is 193 Å². The molecule has 0 spiro atoms. The summed E-state index contributed by atoms with van der Waals surface area (Å²) in [5.74, 6) is 0.0872.